The standard InChI is InChI=1S/C19H21ClN2/c20-17-7-6-14-8-11-21-12-9-16(14)19(17)22-13-10-18(22)15-4-2-1-3-5-15/h1-7,18,21H,8-13H2. The van der Waals surface area contributed by atoms with Gasteiger partial charge in [-0.05, 0) is 55.1 Å². The molecule has 1 atom stereocenters. The lowest BCUT2D eigenvalue weighted by Crippen LogP contribution is -2.41. The fraction of sp³-hybridized carbons (Fsp3) is 0.368. The van der Waals surface area contributed by atoms with Crippen molar-refractivity contribution in [2.75, 3.05) is 24.5 Å². The van der Waals surface area contributed by atoms with E-state index in [1.165, 1.54) is 28.8 Å². The molecule has 4 rings (SSSR count). The molecule has 1 N–H and O–H groups in total. The second-order valence-corrected chi connectivity index (χ2v) is 6.60. The van der Waals surface area contributed by atoms with E-state index < -0.39 is 0 Å². The molecular weight excluding hydrogens is 292 g/mol. The molecular formula is C19H21ClN2. The maximum absolute atomic E-state index is 6.61. The van der Waals surface area contributed by atoms with Crippen LogP contribution in [0, 0.1) is 0 Å². The molecule has 2 nitrogen and oxygen atoms in total. The monoisotopic (exact) mass is 312 g/mol. The summed E-state index contributed by atoms with van der Waals surface area (Å²) in [7, 11) is 0. The molecule has 0 aromatic heterocycles. The van der Waals surface area contributed by atoms with E-state index in [1.54, 1.807) is 0 Å². The van der Waals surface area contributed by atoms with Crippen LogP contribution in [0.2, 0.25) is 5.02 Å². The van der Waals surface area contributed by atoms with E-state index >= 15 is 0 Å². The minimum Gasteiger partial charge on any atom is -0.363 e. The Bertz CT molecular complexity index is 669. The van der Waals surface area contributed by atoms with Gasteiger partial charge >= 0.3 is 0 Å². The van der Waals surface area contributed by atoms with Crippen molar-refractivity contribution in [3.8, 4) is 0 Å². The zero-order chi connectivity index (χ0) is 14.9. The molecule has 2 aliphatic rings. The zero-order valence-corrected chi connectivity index (χ0v) is 13.4. The number of hydrogen-bond donors (Lipinski definition) is 1. The van der Waals surface area contributed by atoms with E-state index in [0.717, 1.165) is 37.5 Å². The van der Waals surface area contributed by atoms with Gasteiger partial charge in [0, 0.05) is 6.54 Å². The summed E-state index contributed by atoms with van der Waals surface area (Å²) in [5, 5.41) is 4.40. The summed E-state index contributed by atoms with van der Waals surface area (Å²) >= 11 is 6.61. The molecule has 0 spiro atoms. The second kappa shape index (κ2) is 5.94. The highest BCUT2D eigenvalue weighted by Crippen LogP contribution is 2.44. The molecule has 0 bridgehead atoms. The van der Waals surface area contributed by atoms with Gasteiger partial charge in [0.15, 0.2) is 0 Å². The molecule has 3 heteroatoms. The van der Waals surface area contributed by atoms with E-state index in [4.69, 9.17) is 11.6 Å². The summed E-state index contributed by atoms with van der Waals surface area (Å²) in [5.41, 5.74) is 5.60. The smallest absolute Gasteiger partial charge is 0.0642 e. The van der Waals surface area contributed by atoms with Gasteiger partial charge in [-0.15, -0.1) is 0 Å². The molecule has 1 unspecified atom stereocenters. The summed E-state index contributed by atoms with van der Waals surface area (Å²) < 4.78 is 0. The first-order valence-corrected chi connectivity index (χ1v) is 8.55. The van der Waals surface area contributed by atoms with Gasteiger partial charge in [0.1, 0.15) is 0 Å². The topological polar surface area (TPSA) is 15.3 Å². The summed E-state index contributed by atoms with van der Waals surface area (Å²) in [6.07, 6.45) is 3.38. The first kappa shape index (κ1) is 14.1. The van der Waals surface area contributed by atoms with Crippen molar-refractivity contribution in [2.45, 2.75) is 25.3 Å². The van der Waals surface area contributed by atoms with Gasteiger partial charge in [-0.1, -0.05) is 48.0 Å². The number of fused-ring (bicyclic) bond motifs is 1. The van der Waals surface area contributed by atoms with Crippen LogP contribution in [0.15, 0.2) is 42.5 Å². The third-order valence-corrected chi connectivity index (χ3v) is 5.25. The largest absolute Gasteiger partial charge is 0.363 e. The third-order valence-electron chi connectivity index (χ3n) is 4.94. The predicted molar refractivity (Wildman–Crippen MR) is 92.9 cm³/mol. The van der Waals surface area contributed by atoms with Crippen molar-refractivity contribution in [2.24, 2.45) is 0 Å². The molecule has 2 aliphatic heterocycles. The predicted octanol–water partition coefficient (Wildman–Crippen LogP) is 3.98. The fourth-order valence-corrected chi connectivity index (χ4v) is 4.00. The summed E-state index contributed by atoms with van der Waals surface area (Å²) in [6, 6.07) is 15.6. The molecule has 0 amide bonds. The Morgan fingerprint density at radius 1 is 1.00 bits per heavy atom. The average molecular weight is 313 g/mol. The van der Waals surface area contributed by atoms with E-state index in [0.29, 0.717) is 6.04 Å². The Morgan fingerprint density at radius 2 is 1.82 bits per heavy atom. The lowest BCUT2D eigenvalue weighted by molar-refractivity contribution is 0.464. The molecule has 2 heterocycles. The minimum atomic E-state index is 0.474. The summed E-state index contributed by atoms with van der Waals surface area (Å²) in [4.78, 5) is 2.50. The maximum Gasteiger partial charge on any atom is 0.0642 e. The van der Waals surface area contributed by atoms with Gasteiger partial charge in [0.2, 0.25) is 0 Å². The van der Waals surface area contributed by atoms with Crippen LogP contribution in [0.5, 0.6) is 0 Å². The molecule has 0 saturated carbocycles. The highest BCUT2D eigenvalue weighted by atomic mass is 35.5. The van der Waals surface area contributed by atoms with Gasteiger partial charge in [-0.25, -0.2) is 0 Å². The van der Waals surface area contributed by atoms with Crippen LogP contribution in [-0.2, 0) is 12.8 Å². The number of nitrogens with one attached hydrogen (secondary N) is 1. The minimum absolute atomic E-state index is 0.474. The van der Waals surface area contributed by atoms with Crippen LogP contribution in [0.4, 0.5) is 5.69 Å². The van der Waals surface area contributed by atoms with Crippen LogP contribution >= 0.6 is 11.6 Å². The Morgan fingerprint density at radius 3 is 2.59 bits per heavy atom. The number of benzene rings is 2. The van der Waals surface area contributed by atoms with Crippen molar-refractivity contribution >= 4 is 17.3 Å². The Balaban J connectivity index is 1.73. The molecule has 2 aromatic carbocycles. The van der Waals surface area contributed by atoms with Crippen LogP contribution in [0.25, 0.3) is 0 Å². The van der Waals surface area contributed by atoms with Crippen LogP contribution < -0.4 is 10.2 Å². The first-order valence-electron chi connectivity index (χ1n) is 8.17. The molecule has 1 fully saturated rings. The van der Waals surface area contributed by atoms with E-state index in [1.807, 2.05) is 0 Å². The number of halogens is 1. The number of nitrogens with zero attached hydrogens (tertiary/aromatic N) is 1. The maximum atomic E-state index is 6.61. The average Bonchev–Trinajstić information content (AvgIpc) is 2.75. The number of hydrogen-bond acceptors (Lipinski definition) is 2. The fourth-order valence-electron chi connectivity index (χ4n) is 3.71. The lowest BCUT2D eigenvalue weighted by atomic mass is 9.91. The normalized spacial score (nSPS) is 21.0. The second-order valence-electron chi connectivity index (χ2n) is 6.19. The van der Waals surface area contributed by atoms with E-state index in [-0.39, 0.29) is 0 Å². The highest BCUT2D eigenvalue weighted by Gasteiger charge is 2.33. The van der Waals surface area contributed by atoms with Crippen molar-refractivity contribution < 1.29 is 0 Å². The van der Waals surface area contributed by atoms with E-state index in [2.05, 4.69) is 52.7 Å². The highest BCUT2D eigenvalue weighted by molar-refractivity contribution is 6.33. The van der Waals surface area contributed by atoms with Gasteiger partial charge in [-0.2, -0.15) is 0 Å². The van der Waals surface area contributed by atoms with Gasteiger partial charge < -0.3 is 10.2 Å². The van der Waals surface area contributed by atoms with Gasteiger partial charge in [0.25, 0.3) is 0 Å². The van der Waals surface area contributed by atoms with Crippen molar-refractivity contribution in [1.29, 1.82) is 0 Å². The first-order chi connectivity index (χ1) is 10.8. The number of anilines is 1. The molecule has 114 valence electrons. The van der Waals surface area contributed by atoms with Crippen molar-refractivity contribution in [3.63, 3.8) is 0 Å². The Kier molecular flexibility index (Phi) is 3.81. The van der Waals surface area contributed by atoms with Gasteiger partial charge in [0.05, 0.1) is 16.8 Å². The zero-order valence-electron chi connectivity index (χ0n) is 12.7. The Hall–Kier alpha value is -1.51. The summed E-state index contributed by atoms with van der Waals surface area (Å²) in [6.45, 7) is 3.21. The van der Waals surface area contributed by atoms with Crippen LogP contribution in [-0.4, -0.2) is 19.6 Å². The van der Waals surface area contributed by atoms with Crippen molar-refractivity contribution in [3.05, 3.63) is 64.2 Å². The quantitative estimate of drug-likeness (QED) is 0.902. The molecule has 1 saturated heterocycles. The molecule has 0 radical (unpaired) electrons. The van der Waals surface area contributed by atoms with Crippen molar-refractivity contribution in [1.82, 2.24) is 5.32 Å². The van der Waals surface area contributed by atoms with Crippen LogP contribution in [0.1, 0.15) is 29.2 Å². The SMILES string of the molecule is Clc1ccc2c(c1N1CCC1c1ccccc1)CCNCC2. The summed E-state index contributed by atoms with van der Waals surface area (Å²) in [5.74, 6) is 0. The molecule has 22 heavy (non-hydrogen) atoms. The third kappa shape index (κ3) is 2.41. The van der Waals surface area contributed by atoms with E-state index in [9.17, 15) is 0 Å². The number of rotatable bonds is 2. The Labute approximate surface area is 137 Å². The lowest BCUT2D eigenvalue weighted by Gasteiger charge is -2.45. The molecule has 0 aliphatic carbocycles. The van der Waals surface area contributed by atoms with Gasteiger partial charge in [-0.3, -0.25) is 0 Å². The molecule has 2 aromatic rings. The van der Waals surface area contributed by atoms with Crippen LogP contribution in [0.3, 0.4) is 0 Å².